The Morgan fingerprint density at radius 1 is 1.43 bits per heavy atom. The summed E-state index contributed by atoms with van der Waals surface area (Å²) in [6.07, 6.45) is 1.66. The van der Waals surface area contributed by atoms with Gasteiger partial charge < -0.3 is 15.0 Å². The van der Waals surface area contributed by atoms with Crippen LogP contribution < -0.4 is 10.1 Å². The summed E-state index contributed by atoms with van der Waals surface area (Å²) in [5.41, 5.74) is 0.562. The van der Waals surface area contributed by atoms with E-state index >= 15 is 0 Å². The maximum atomic E-state index is 12.7. The molecule has 2 rings (SSSR count). The van der Waals surface area contributed by atoms with Crippen LogP contribution in [0.1, 0.15) is 23.2 Å². The fourth-order valence-corrected chi connectivity index (χ4v) is 2.96. The second-order valence-corrected chi connectivity index (χ2v) is 5.90. The highest BCUT2D eigenvalue weighted by Crippen LogP contribution is 2.26. The zero-order valence-corrected chi connectivity index (χ0v) is 13.8. The van der Waals surface area contributed by atoms with Crippen molar-refractivity contribution >= 4 is 27.7 Å². The average molecular weight is 355 g/mol. The first-order chi connectivity index (χ1) is 10.1. The molecule has 0 saturated carbocycles. The number of hydrogen-bond acceptors (Lipinski definition) is 3. The molecule has 0 aromatic heterocycles. The van der Waals surface area contributed by atoms with Crippen LogP contribution >= 0.6 is 15.9 Å². The van der Waals surface area contributed by atoms with E-state index in [4.69, 9.17) is 4.74 Å². The van der Waals surface area contributed by atoms with Gasteiger partial charge in [-0.25, -0.2) is 0 Å². The number of amides is 2. The lowest BCUT2D eigenvalue weighted by Crippen LogP contribution is -2.44. The minimum Gasteiger partial charge on any atom is -0.497 e. The second-order valence-electron chi connectivity index (χ2n) is 5.05. The number of likely N-dealkylation sites (tertiary alicyclic amines) is 1. The van der Waals surface area contributed by atoms with Gasteiger partial charge in [-0.1, -0.05) is 0 Å². The van der Waals surface area contributed by atoms with Crippen molar-refractivity contribution in [3.63, 3.8) is 0 Å². The van der Waals surface area contributed by atoms with E-state index in [1.54, 1.807) is 37.3 Å². The molecule has 1 N–H and O–H groups in total. The fraction of sp³-hybridized carbons (Fsp3) is 0.467. The van der Waals surface area contributed by atoms with Crippen molar-refractivity contribution in [2.75, 3.05) is 27.2 Å². The van der Waals surface area contributed by atoms with Crippen LogP contribution in [0.3, 0.4) is 0 Å². The molecule has 1 heterocycles. The Balaban J connectivity index is 2.17. The van der Waals surface area contributed by atoms with Gasteiger partial charge in [0, 0.05) is 24.6 Å². The molecule has 1 fully saturated rings. The molecule has 2 amide bonds. The van der Waals surface area contributed by atoms with Crippen molar-refractivity contribution in [1.82, 2.24) is 10.2 Å². The molecule has 114 valence electrons. The predicted octanol–water partition coefficient (Wildman–Crippen LogP) is 2.06. The van der Waals surface area contributed by atoms with E-state index < -0.39 is 0 Å². The minimum atomic E-state index is -0.128. The van der Waals surface area contributed by atoms with Crippen LogP contribution in [0.4, 0.5) is 0 Å². The van der Waals surface area contributed by atoms with Crippen LogP contribution in [0, 0.1) is 5.92 Å². The average Bonchev–Trinajstić information content (AvgIpc) is 2.54. The van der Waals surface area contributed by atoms with E-state index in [1.807, 2.05) is 0 Å². The third kappa shape index (κ3) is 3.56. The number of rotatable bonds is 3. The first kappa shape index (κ1) is 15.8. The normalized spacial score (nSPS) is 18.2. The first-order valence-electron chi connectivity index (χ1n) is 6.91. The monoisotopic (exact) mass is 354 g/mol. The quantitative estimate of drug-likeness (QED) is 0.903. The Hall–Kier alpha value is -1.56. The highest BCUT2D eigenvalue weighted by Gasteiger charge is 2.29. The molecule has 1 unspecified atom stereocenters. The van der Waals surface area contributed by atoms with E-state index in [9.17, 15) is 9.59 Å². The molecular formula is C15H19BrN2O3. The summed E-state index contributed by atoms with van der Waals surface area (Å²) in [4.78, 5) is 26.2. The van der Waals surface area contributed by atoms with E-state index in [1.165, 1.54) is 0 Å². The summed E-state index contributed by atoms with van der Waals surface area (Å²) in [6.45, 7) is 1.14. The summed E-state index contributed by atoms with van der Waals surface area (Å²) in [5, 5.41) is 2.66. The van der Waals surface area contributed by atoms with Crippen LogP contribution in [-0.2, 0) is 4.79 Å². The zero-order chi connectivity index (χ0) is 15.4. The molecule has 1 aliphatic rings. The van der Waals surface area contributed by atoms with Crippen molar-refractivity contribution in [2.24, 2.45) is 5.92 Å². The van der Waals surface area contributed by atoms with Crippen molar-refractivity contribution in [2.45, 2.75) is 12.8 Å². The number of nitrogens with one attached hydrogen (secondary N) is 1. The topological polar surface area (TPSA) is 58.6 Å². The van der Waals surface area contributed by atoms with Gasteiger partial charge in [0.05, 0.1) is 18.6 Å². The van der Waals surface area contributed by atoms with Crippen molar-refractivity contribution in [3.8, 4) is 5.75 Å². The highest BCUT2D eigenvalue weighted by atomic mass is 79.9. The zero-order valence-electron chi connectivity index (χ0n) is 12.2. The van der Waals surface area contributed by atoms with Crippen LogP contribution in [0.25, 0.3) is 0 Å². The Kier molecular flexibility index (Phi) is 5.22. The lowest BCUT2D eigenvalue weighted by molar-refractivity contribution is -0.125. The van der Waals surface area contributed by atoms with Crippen molar-refractivity contribution < 1.29 is 14.3 Å². The summed E-state index contributed by atoms with van der Waals surface area (Å²) in [7, 11) is 3.20. The maximum absolute atomic E-state index is 12.7. The Morgan fingerprint density at radius 2 is 2.19 bits per heavy atom. The largest absolute Gasteiger partial charge is 0.497 e. The number of nitrogens with zero attached hydrogens (tertiary/aromatic N) is 1. The molecule has 1 saturated heterocycles. The molecule has 1 atom stereocenters. The SMILES string of the molecule is CNC(=O)C1CCCN(C(=O)c2cc(OC)ccc2Br)C1. The maximum Gasteiger partial charge on any atom is 0.255 e. The number of hydrogen-bond donors (Lipinski definition) is 1. The minimum absolute atomic E-state index is 0.00259. The number of carbonyl (C=O) groups excluding carboxylic acids is 2. The Bertz CT molecular complexity index is 548. The van der Waals surface area contributed by atoms with Crippen LogP contribution in [0.2, 0.25) is 0 Å². The number of methoxy groups -OCH3 is 1. The molecule has 0 bridgehead atoms. The summed E-state index contributed by atoms with van der Waals surface area (Å²) in [5.74, 6) is 0.435. The van der Waals surface area contributed by atoms with Crippen LogP contribution in [0.5, 0.6) is 5.75 Å². The molecule has 1 aromatic rings. The number of carbonyl (C=O) groups is 2. The van der Waals surface area contributed by atoms with Gasteiger partial charge in [0.2, 0.25) is 5.91 Å². The van der Waals surface area contributed by atoms with Crippen LogP contribution in [0.15, 0.2) is 22.7 Å². The molecular weight excluding hydrogens is 336 g/mol. The lowest BCUT2D eigenvalue weighted by atomic mass is 9.96. The van der Waals surface area contributed by atoms with E-state index in [-0.39, 0.29) is 17.7 Å². The van der Waals surface area contributed by atoms with Gasteiger partial charge in [-0.2, -0.15) is 0 Å². The molecule has 6 heteroatoms. The van der Waals surface area contributed by atoms with Crippen LogP contribution in [-0.4, -0.2) is 44.0 Å². The highest BCUT2D eigenvalue weighted by molar-refractivity contribution is 9.10. The van der Waals surface area contributed by atoms with Gasteiger partial charge >= 0.3 is 0 Å². The van der Waals surface area contributed by atoms with E-state index in [0.717, 1.165) is 17.3 Å². The predicted molar refractivity (Wildman–Crippen MR) is 83.4 cm³/mol. The van der Waals surface area contributed by atoms with Gasteiger partial charge in [0.15, 0.2) is 0 Å². The summed E-state index contributed by atoms with van der Waals surface area (Å²) in [6, 6.07) is 5.31. The number of halogens is 1. The summed E-state index contributed by atoms with van der Waals surface area (Å²) >= 11 is 3.40. The Labute approximate surface area is 132 Å². The number of benzene rings is 1. The number of ether oxygens (including phenoxy) is 1. The van der Waals surface area contributed by atoms with Gasteiger partial charge in [0.25, 0.3) is 5.91 Å². The molecule has 0 radical (unpaired) electrons. The molecule has 5 nitrogen and oxygen atoms in total. The third-order valence-electron chi connectivity index (χ3n) is 3.73. The standard InChI is InChI=1S/C15H19BrN2O3/c1-17-14(19)10-4-3-7-18(9-10)15(20)12-8-11(21-2)5-6-13(12)16/h5-6,8,10H,3-4,7,9H2,1-2H3,(H,17,19). The molecule has 0 aliphatic carbocycles. The lowest BCUT2D eigenvalue weighted by Gasteiger charge is -2.32. The van der Waals surface area contributed by atoms with Crippen molar-refractivity contribution in [1.29, 1.82) is 0 Å². The summed E-state index contributed by atoms with van der Waals surface area (Å²) < 4.78 is 5.90. The molecule has 1 aromatic carbocycles. The Morgan fingerprint density at radius 3 is 2.86 bits per heavy atom. The van der Waals surface area contributed by atoms with Gasteiger partial charge in [-0.3, -0.25) is 9.59 Å². The second kappa shape index (κ2) is 6.93. The van der Waals surface area contributed by atoms with E-state index in [0.29, 0.717) is 24.4 Å². The van der Waals surface area contributed by atoms with Gasteiger partial charge in [-0.05, 0) is 47.0 Å². The fourth-order valence-electron chi connectivity index (χ4n) is 2.55. The van der Waals surface area contributed by atoms with E-state index in [2.05, 4.69) is 21.2 Å². The first-order valence-corrected chi connectivity index (χ1v) is 7.70. The molecule has 1 aliphatic heterocycles. The molecule has 21 heavy (non-hydrogen) atoms. The molecule has 0 spiro atoms. The van der Waals surface area contributed by atoms with Gasteiger partial charge in [0.1, 0.15) is 5.75 Å². The van der Waals surface area contributed by atoms with Gasteiger partial charge in [-0.15, -0.1) is 0 Å². The van der Waals surface area contributed by atoms with Crippen molar-refractivity contribution in [3.05, 3.63) is 28.2 Å². The number of piperidine rings is 1. The third-order valence-corrected chi connectivity index (χ3v) is 4.42. The smallest absolute Gasteiger partial charge is 0.255 e.